The maximum absolute atomic E-state index is 13.6. The number of hydrogen-bond acceptors (Lipinski definition) is 4. The fraction of sp³-hybridized carbons (Fsp3) is 0.577. The van der Waals surface area contributed by atoms with Crippen molar-refractivity contribution in [1.82, 2.24) is 24.9 Å². The van der Waals surface area contributed by atoms with Crippen LogP contribution in [0, 0.1) is 24.2 Å². The van der Waals surface area contributed by atoms with E-state index in [4.69, 9.17) is 0 Å². The zero-order chi connectivity index (χ0) is 23.0. The molecule has 0 spiro atoms. The standard InChI is InChI=1S/C26H35N5O2/c1-19-5-3-6-22(11-19)24(32)31-10-4-9-26(25(33)27-12-20-7-8-20)18-30(16-23(26)17-31)15-21-13-28-29(2)14-21/h3,5-6,11,13-14,20,23H,4,7-10,12,15-18H2,1-2H3,(H,27,33)/t23-,26+/m0/s1. The van der Waals surface area contributed by atoms with E-state index in [9.17, 15) is 9.59 Å². The molecule has 0 radical (unpaired) electrons. The van der Waals surface area contributed by atoms with E-state index in [2.05, 4.69) is 15.3 Å². The lowest BCUT2D eigenvalue weighted by atomic mass is 9.74. The van der Waals surface area contributed by atoms with Gasteiger partial charge in [-0.1, -0.05) is 17.7 Å². The van der Waals surface area contributed by atoms with Crippen molar-refractivity contribution in [2.24, 2.45) is 24.3 Å². The van der Waals surface area contributed by atoms with Crippen molar-refractivity contribution in [3.63, 3.8) is 0 Å². The van der Waals surface area contributed by atoms with Crippen molar-refractivity contribution < 1.29 is 9.59 Å². The van der Waals surface area contributed by atoms with E-state index in [-0.39, 0.29) is 17.7 Å². The number of aryl methyl sites for hydroxylation is 2. The molecule has 1 N–H and O–H groups in total. The Kier molecular flexibility index (Phi) is 5.99. The highest BCUT2D eigenvalue weighted by Crippen LogP contribution is 2.44. The van der Waals surface area contributed by atoms with E-state index < -0.39 is 5.41 Å². The summed E-state index contributed by atoms with van der Waals surface area (Å²) in [6.45, 7) is 6.51. The number of carbonyl (C=O) groups is 2. The molecule has 2 saturated heterocycles. The Hall–Kier alpha value is -2.67. The van der Waals surface area contributed by atoms with Crippen LogP contribution in [0.5, 0.6) is 0 Å². The predicted octanol–water partition coefficient (Wildman–Crippen LogP) is 2.61. The second-order valence-electron chi connectivity index (χ2n) is 10.4. The van der Waals surface area contributed by atoms with E-state index >= 15 is 0 Å². The third kappa shape index (κ3) is 4.69. The second-order valence-corrected chi connectivity index (χ2v) is 10.4. The highest BCUT2D eigenvalue weighted by molar-refractivity contribution is 5.94. The molecule has 2 aromatic rings. The van der Waals surface area contributed by atoms with Gasteiger partial charge >= 0.3 is 0 Å². The molecule has 2 amide bonds. The third-order valence-corrected chi connectivity index (χ3v) is 7.67. The fourth-order valence-corrected chi connectivity index (χ4v) is 5.72. The Bertz CT molecular complexity index is 1030. The number of rotatable bonds is 6. The molecule has 33 heavy (non-hydrogen) atoms. The minimum atomic E-state index is -0.432. The summed E-state index contributed by atoms with van der Waals surface area (Å²) in [4.78, 5) is 31.4. The van der Waals surface area contributed by atoms with E-state index in [0.29, 0.717) is 19.0 Å². The molecule has 1 aromatic carbocycles. The van der Waals surface area contributed by atoms with Crippen LogP contribution in [0.3, 0.4) is 0 Å². The molecule has 3 heterocycles. The number of fused-ring (bicyclic) bond motifs is 1. The molecular formula is C26H35N5O2. The highest BCUT2D eigenvalue weighted by Gasteiger charge is 2.53. The smallest absolute Gasteiger partial charge is 0.253 e. The van der Waals surface area contributed by atoms with E-state index in [1.807, 2.05) is 60.2 Å². The Morgan fingerprint density at radius 1 is 1.24 bits per heavy atom. The summed E-state index contributed by atoms with van der Waals surface area (Å²) in [6, 6.07) is 7.83. The summed E-state index contributed by atoms with van der Waals surface area (Å²) < 4.78 is 1.82. The molecule has 5 rings (SSSR count). The molecule has 7 nitrogen and oxygen atoms in total. The van der Waals surface area contributed by atoms with Crippen molar-refractivity contribution in [2.45, 2.75) is 39.2 Å². The van der Waals surface area contributed by atoms with Crippen molar-refractivity contribution in [2.75, 3.05) is 32.7 Å². The van der Waals surface area contributed by atoms with Crippen LogP contribution in [-0.4, -0.2) is 64.1 Å². The van der Waals surface area contributed by atoms with Gasteiger partial charge in [-0.15, -0.1) is 0 Å². The van der Waals surface area contributed by atoms with Gasteiger partial charge < -0.3 is 10.2 Å². The first-order valence-electron chi connectivity index (χ1n) is 12.3. The van der Waals surface area contributed by atoms with Crippen molar-refractivity contribution in [3.8, 4) is 0 Å². The average molecular weight is 450 g/mol. The summed E-state index contributed by atoms with van der Waals surface area (Å²) in [6.07, 6.45) is 8.08. The number of carbonyl (C=O) groups excluding carboxylic acids is 2. The molecule has 3 aliphatic rings. The highest BCUT2D eigenvalue weighted by atomic mass is 16.2. The summed E-state index contributed by atoms with van der Waals surface area (Å²) in [7, 11) is 1.93. The molecule has 176 valence electrons. The van der Waals surface area contributed by atoms with E-state index in [1.165, 1.54) is 12.8 Å². The van der Waals surface area contributed by atoms with E-state index in [1.54, 1.807) is 0 Å². The molecule has 0 bridgehead atoms. The van der Waals surface area contributed by atoms with Crippen LogP contribution in [0.25, 0.3) is 0 Å². The van der Waals surface area contributed by atoms with Crippen LogP contribution in [0.15, 0.2) is 36.7 Å². The summed E-state index contributed by atoms with van der Waals surface area (Å²) in [5.41, 5.74) is 2.56. The lowest BCUT2D eigenvalue weighted by Gasteiger charge is -2.33. The van der Waals surface area contributed by atoms with E-state index in [0.717, 1.165) is 55.7 Å². The lowest BCUT2D eigenvalue weighted by Crippen LogP contribution is -2.48. The predicted molar refractivity (Wildman–Crippen MR) is 126 cm³/mol. The molecule has 1 saturated carbocycles. The molecule has 1 aromatic heterocycles. The molecule has 2 atom stereocenters. The van der Waals surface area contributed by atoms with Gasteiger partial charge in [0.05, 0.1) is 11.6 Å². The van der Waals surface area contributed by atoms with Gasteiger partial charge in [0, 0.05) is 69.6 Å². The number of aromatic nitrogens is 2. The summed E-state index contributed by atoms with van der Waals surface area (Å²) in [5, 5.41) is 7.60. The molecule has 3 fully saturated rings. The van der Waals surface area contributed by atoms with Gasteiger partial charge in [-0.3, -0.25) is 19.2 Å². The topological polar surface area (TPSA) is 70.5 Å². The molecule has 2 aliphatic heterocycles. The SMILES string of the molecule is Cc1cccc(C(=O)N2CCC[C@@]3(C(=O)NCC4CC4)CN(Cc4cnn(C)c4)C[C@H]3C2)c1. The normalized spacial score (nSPS) is 25.5. The first kappa shape index (κ1) is 22.1. The van der Waals surface area contributed by atoms with Gasteiger partial charge in [-0.25, -0.2) is 0 Å². The number of likely N-dealkylation sites (tertiary alicyclic amines) is 2. The zero-order valence-corrected chi connectivity index (χ0v) is 19.8. The van der Waals surface area contributed by atoms with Crippen LogP contribution in [0.1, 0.15) is 47.2 Å². The molecule has 7 heteroatoms. The number of benzene rings is 1. The van der Waals surface area contributed by atoms with Crippen LogP contribution in [-0.2, 0) is 18.4 Å². The number of nitrogens with one attached hydrogen (secondary N) is 1. The maximum atomic E-state index is 13.6. The Morgan fingerprint density at radius 3 is 2.82 bits per heavy atom. The summed E-state index contributed by atoms with van der Waals surface area (Å²) >= 11 is 0. The fourth-order valence-electron chi connectivity index (χ4n) is 5.72. The van der Waals surface area contributed by atoms with Gasteiger partial charge in [0.1, 0.15) is 0 Å². The van der Waals surface area contributed by atoms with Crippen molar-refractivity contribution in [3.05, 3.63) is 53.3 Å². The number of amides is 2. The number of nitrogens with zero attached hydrogens (tertiary/aromatic N) is 4. The van der Waals surface area contributed by atoms with Crippen molar-refractivity contribution >= 4 is 11.8 Å². The van der Waals surface area contributed by atoms with Crippen LogP contribution >= 0.6 is 0 Å². The Morgan fingerprint density at radius 2 is 2.09 bits per heavy atom. The largest absolute Gasteiger partial charge is 0.355 e. The zero-order valence-electron chi connectivity index (χ0n) is 19.8. The quantitative estimate of drug-likeness (QED) is 0.736. The first-order valence-corrected chi connectivity index (χ1v) is 12.3. The lowest BCUT2D eigenvalue weighted by molar-refractivity contribution is -0.133. The minimum absolute atomic E-state index is 0.0820. The Balaban J connectivity index is 1.37. The third-order valence-electron chi connectivity index (χ3n) is 7.67. The number of hydrogen-bond donors (Lipinski definition) is 1. The molecule has 1 aliphatic carbocycles. The average Bonchev–Trinajstić information content (AvgIpc) is 3.49. The van der Waals surface area contributed by atoms with Gasteiger partial charge in [-0.2, -0.15) is 5.10 Å². The molecular weight excluding hydrogens is 414 g/mol. The first-order chi connectivity index (χ1) is 15.9. The molecule has 0 unspecified atom stereocenters. The summed E-state index contributed by atoms with van der Waals surface area (Å²) in [5.74, 6) is 1.06. The van der Waals surface area contributed by atoms with Crippen LogP contribution in [0.2, 0.25) is 0 Å². The maximum Gasteiger partial charge on any atom is 0.253 e. The van der Waals surface area contributed by atoms with Crippen LogP contribution < -0.4 is 5.32 Å². The van der Waals surface area contributed by atoms with Gasteiger partial charge in [0.25, 0.3) is 5.91 Å². The van der Waals surface area contributed by atoms with Gasteiger partial charge in [0.15, 0.2) is 0 Å². The Labute approximate surface area is 196 Å². The minimum Gasteiger partial charge on any atom is -0.355 e. The van der Waals surface area contributed by atoms with Crippen LogP contribution in [0.4, 0.5) is 0 Å². The van der Waals surface area contributed by atoms with Gasteiger partial charge in [-0.05, 0) is 50.7 Å². The second kappa shape index (κ2) is 8.93. The monoisotopic (exact) mass is 449 g/mol. The van der Waals surface area contributed by atoms with Crippen molar-refractivity contribution in [1.29, 1.82) is 0 Å². The van der Waals surface area contributed by atoms with Gasteiger partial charge in [0.2, 0.25) is 5.91 Å².